The Hall–Kier alpha value is -1.81. The molecule has 130 valence electrons. The van der Waals surface area contributed by atoms with Gasteiger partial charge in [0.25, 0.3) is 0 Å². The molecule has 0 aromatic heterocycles. The van der Waals surface area contributed by atoms with Crippen molar-refractivity contribution in [2.45, 2.75) is 57.8 Å². The van der Waals surface area contributed by atoms with Gasteiger partial charge in [-0.05, 0) is 59.2 Å². The molecule has 2 aromatic rings. The van der Waals surface area contributed by atoms with Crippen LogP contribution in [0.5, 0.6) is 5.75 Å². The highest BCUT2D eigenvalue weighted by molar-refractivity contribution is 7.87. The molecule has 0 saturated heterocycles. The van der Waals surface area contributed by atoms with Crippen LogP contribution in [0.4, 0.5) is 0 Å². The number of benzene rings is 2. The lowest BCUT2D eigenvalue weighted by molar-refractivity contribution is 0.485. The molecule has 24 heavy (non-hydrogen) atoms. The Labute approximate surface area is 145 Å². The fourth-order valence-electron chi connectivity index (χ4n) is 2.64. The van der Waals surface area contributed by atoms with E-state index in [0.717, 1.165) is 11.1 Å². The molecule has 0 unspecified atom stereocenters. The topological polar surface area (TPSA) is 43.4 Å². The molecular formula is C20H26O3S. The first-order chi connectivity index (χ1) is 11.0. The maximum absolute atomic E-state index is 12.5. The standard InChI is InChI=1S/C20H26O3S/c1-14(2)19-12-9-17(13-15(19)3)23-24(21,22)18-10-7-16(8-11-18)20(4,5)6/h7-14H,1-6H3. The summed E-state index contributed by atoms with van der Waals surface area (Å²) in [6.07, 6.45) is 0. The number of hydrogen-bond donors (Lipinski definition) is 0. The first-order valence-electron chi connectivity index (χ1n) is 8.16. The highest BCUT2D eigenvalue weighted by atomic mass is 32.2. The second-order valence-corrected chi connectivity index (χ2v) is 9.03. The largest absolute Gasteiger partial charge is 0.379 e. The molecule has 3 nitrogen and oxygen atoms in total. The Bertz CT molecular complexity index is 811. The lowest BCUT2D eigenvalue weighted by Gasteiger charge is -2.19. The zero-order chi connectivity index (χ0) is 18.1. The summed E-state index contributed by atoms with van der Waals surface area (Å²) >= 11 is 0. The van der Waals surface area contributed by atoms with Crippen LogP contribution in [0.15, 0.2) is 47.4 Å². The maximum Gasteiger partial charge on any atom is 0.339 e. The summed E-state index contributed by atoms with van der Waals surface area (Å²) in [5.74, 6) is 0.734. The van der Waals surface area contributed by atoms with Crippen LogP contribution in [-0.4, -0.2) is 8.42 Å². The van der Waals surface area contributed by atoms with Crippen molar-refractivity contribution >= 4 is 10.1 Å². The van der Waals surface area contributed by atoms with Crippen LogP contribution in [0.2, 0.25) is 0 Å². The Morgan fingerprint density at radius 1 is 0.958 bits per heavy atom. The van der Waals surface area contributed by atoms with E-state index in [0.29, 0.717) is 11.7 Å². The Morgan fingerprint density at radius 2 is 1.54 bits per heavy atom. The molecule has 0 saturated carbocycles. The van der Waals surface area contributed by atoms with Crippen molar-refractivity contribution in [3.63, 3.8) is 0 Å². The molecule has 0 N–H and O–H groups in total. The third-order valence-corrected chi connectivity index (χ3v) is 5.34. The Balaban J connectivity index is 2.27. The number of aryl methyl sites for hydroxylation is 1. The van der Waals surface area contributed by atoms with Crippen molar-refractivity contribution in [1.82, 2.24) is 0 Å². The van der Waals surface area contributed by atoms with Crippen LogP contribution >= 0.6 is 0 Å². The Morgan fingerprint density at radius 3 is 2.00 bits per heavy atom. The van der Waals surface area contributed by atoms with Gasteiger partial charge in [-0.2, -0.15) is 8.42 Å². The predicted octanol–water partition coefficient (Wildman–Crippen LogP) is 5.18. The van der Waals surface area contributed by atoms with E-state index in [1.807, 2.05) is 25.1 Å². The normalized spacial score (nSPS) is 12.5. The second-order valence-electron chi connectivity index (χ2n) is 7.48. The minimum absolute atomic E-state index is 0.0209. The lowest BCUT2D eigenvalue weighted by atomic mass is 9.87. The third-order valence-electron chi connectivity index (χ3n) is 4.08. The number of hydrogen-bond acceptors (Lipinski definition) is 3. The third kappa shape index (κ3) is 4.18. The fourth-order valence-corrected chi connectivity index (χ4v) is 3.57. The molecule has 0 aliphatic rings. The van der Waals surface area contributed by atoms with Gasteiger partial charge in [0.15, 0.2) is 0 Å². The van der Waals surface area contributed by atoms with E-state index >= 15 is 0 Å². The summed E-state index contributed by atoms with van der Waals surface area (Å²) in [7, 11) is -3.83. The highest BCUT2D eigenvalue weighted by Gasteiger charge is 2.19. The van der Waals surface area contributed by atoms with Crippen molar-refractivity contribution in [3.05, 3.63) is 59.2 Å². The molecule has 0 spiro atoms. The minimum Gasteiger partial charge on any atom is -0.379 e. The van der Waals surface area contributed by atoms with Crippen LogP contribution in [0, 0.1) is 6.92 Å². The van der Waals surface area contributed by atoms with Crippen LogP contribution in [0.1, 0.15) is 57.2 Å². The van der Waals surface area contributed by atoms with E-state index in [1.165, 1.54) is 5.56 Å². The quantitative estimate of drug-likeness (QED) is 0.716. The molecule has 2 aromatic carbocycles. The Kier molecular flexibility index (Phi) is 5.09. The number of rotatable bonds is 4. The maximum atomic E-state index is 12.5. The molecule has 0 aliphatic carbocycles. The van der Waals surface area contributed by atoms with E-state index in [9.17, 15) is 8.42 Å². The van der Waals surface area contributed by atoms with E-state index in [2.05, 4.69) is 34.6 Å². The van der Waals surface area contributed by atoms with Gasteiger partial charge in [0.1, 0.15) is 10.6 Å². The van der Waals surface area contributed by atoms with Gasteiger partial charge >= 0.3 is 10.1 Å². The summed E-state index contributed by atoms with van der Waals surface area (Å²) in [4.78, 5) is 0.168. The zero-order valence-corrected chi connectivity index (χ0v) is 16.1. The molecular weight excluding hydrogens is 320 g/mol. The van der Waals surface area contributed by atoms with Crippen molar-refractivity contribution in [2.75, 3.05) is 0 Å². The molecule has 0 amide bonds. The van der Waals surface area contributed by atoms with Crippen molar-refractivity contribution in [3.8, 4) is 5.75 Å². The van der Waals surface area contributed by atoms with Gasteiger partial charge in [0.2, 0.25) is 0 Å². The average molecular weight is 346 g/mol. The SMILES string of the molecule is Cc1cc(OS(=O)(=O)c2ccc(C(C)(C)C)cc2)ccc1C(C)C. The lowest BCUT2D eigenvalue weighted by Crippen LogP contribution is -2.13. The second kappa shape index (κ2) is 6.60. The van der Waals surface area contributed by atoms with Crippen molar-refractivity contribution in [2.24, 2.45) is 0 Å². The summed E-state index contributed by atoms with van der Waals surface area (Å²) in [5.41, 5.74) is 3.28. The summed E-state index contributed by atoms with van der Waals surface area (Å²) < 4.78 is 30.2. The monoisotopic (exact) mass is 346 g/mol. The van der Waals surface area contributed by atoms with Gasteiger partial charge in [0.05, 0.1) is 0 Å². The molecule has 2 rings (SSSR count). The van der Waals surface area contributed by atoms with Gasteiger partial charge in [0, 0.05) is 0 Å². The van der Waals surface area contributed by atoms with Gasteiger partial charge < -0.3 is 4.18 Å². The van der Waals surface area contributed by atoms with E-state index in [-0.39, 0.29) is 10.3 Å². The van der Waals surface area contributed by atoms with Crippen LogP contribution in [0.3, 0.4) is 0 Å². The average Bonchev–Trinajstić information content (AvgIpc) is 2.45. The van der Waals surface area contributed by atoms with E-state index in [4.69, 9.17) is 4.18 Å². The highest BCUT2D eigenvalue weighted by Crippen LogP contribution is 2.27. The van der Waals surface area contributed by atoms with Gasteiger partial charge in [-0.1, -0.05) is 52.8 Å². The molecule has 0 heterocycles. The molecule has 0 fully saturated rings. The van der Waals surface area contributed by atoms with Crippen LogP contribution < -0.4 is 4.18 Å². The molecule has 4 heteroatoms. The van der Waals surface area contributed by atoms with Crippen LogP contribution in [-0.2, 0) is 15.5 Å². The fraction of sp³-hybridized carbons (Fsp3) is 0.400. The van der Waals surface area contributed by atoms with E-state index < -0.39 is 10.1 Å². The molecule has 0 radical (unpaired) electrons. The molecule has 0 aliphatic heterocycles. The predicted molar refractivity (Wildman–Crippen MR) is 98.2 cm³/mol. The van der Waals surface area contributed by atoms with Gasteiger partial charge in [-0.3, -0.25) is 0 Å². The summed E-state index contributed by atoms with van der Waals surface area (Å²) in [5, 5.41) is 0. The first kappa shape index (κ1) is 18.5. The zero-order valence-electron chi connectivity index (χ0n) is 15.3. The van der Waals surface area contributed by atoms with E-state index in [1.54, 1.807) is 24.3 Å². The minimum atomic E-state index is -3.83. The smallest absolute Gasteiger partial charge is 0.339 e. The summed E-state index contributed by atoms with van der Waals surface area (Å²) in [6, 6.07) is 12.3. The molecule has 0 atom stereocenters. The molecule has 0 bridgehead atoms. The van der Waals surface area contributed by atoms with Gasteiger partial charge in [-0.15, -0.1) is 0 Å². The van der Waals surface area contributed by atoms with Gasteiger partial charge in [-0.25, -0.2) is 0 Å². The van der Waals surface area contributed by atoms with Crippen LogP contribution in [0.25, 0.3) is 0 Å². The summed E-state index contributed by atoms with van der Waals surface area (Å²) in [6.45, 7) is 12.4. The first-order valence-corrected chi connectivity index (χ1v) is 9.57. The van der Waals surface area contributed by atoms with Crippen molar-refractivity contribution < 1.29 is 12.6 Å². The van der Waals surface area contributed by atoms with Crippen molar-refractivity contribution in [1.29, 1.82) is 0 Å².